The van der Waals surface area contributed by atoms with Crippen LogP contribution in [0.15, 0.2) is 71.6 Å². The first kappa shape index (κ1) is 28.3. The van der Waals surface area contributed by atoms with E-state index < -0.39 is 45.0 Å². The van der Waals surface area contributed by atoms with Crippen LogP contribution < -0.4 is 9.62 Å². The Morgan fingerprint density at radius 2 is 1.67 bits per heavy atom. The van der Waals surface area contributed by atoms with Crippen LogP contribution in [0.25, 0.3) is 0 Å². The van der Waals surface area contributed by atoms with Crippen molar-refractivity contribution in [1.29, 1.82) is 0 Å². The van der Waals surface area contributed by atoms with Crippen molar-refractivity contribution in [3.63, 3.8) is 0 Å². The van der Waals surface area contributed by atoms with Gasteiger partial charge in [0.15, 0.2) is 0 Å². The van der Waals surface area contributed by atoms with Gasteiger partial charge in [0, 0.05) is 23.1 Å². The molecule has 2 heterocycles. The van der Waals surface area contributed by atoms with Crippen molar-refractivity contribution >= 4 is 27.6 Å². The van der Waals surface area contributed by atoms with Gasteiger partial charge in [0.2, 0.25) is 0 Å². The Hall–Kier alpha value is -3.83. The fourth-order valence-electron chi connectivity index (χ4n) is 6.64. The maximum absolute atomic E-state index is 14.2. The van der Waals surface area contributed by atoms with E-state index in [2.05, 4.69) is 5.32 Å². The summed E-state index contributed by atoms with van der Waals surface area (Å²) < 4.78 is 57.7. The molecule has 1 saturated heterocycles. The van der Waals surface area contributed by atoms with Crippen LogP contribution in [0.1, 0.15) is 47.2 Å². The number of nitrogens with one attached hydrogen (secondary N) is 1. The van der Waals surface area contributed by atoms with E-state index in [1.54, 1.807) is 36.4 Å². The number of carboxylic acids is 1. The fourth-order valence-corrected chi connectivity index (χ4v) is 8.44. The number of carbonyl (C=O) groups is 2. The van der Waals surface area contributed by atoms with Crippen molar-refractivity contribution in [3.05, 3.63) is 95.1 Å². The van der Waals surface area contributed by atoms with E-state index in [9.17, 15) is 31.9 Å². The molecule has 3 aromatic carbocycles. The summed E-state index contributed by atoms with van der Waals surface area (Å²) >= 11 is 0. The van der Waals surface area contributed by atoms with Crippen molar-refractivity contribution < 1.29 is 31.9 Å². The third-order valence-corrected chi connectivity index (χ3v) is 10.6. The molecular formula is C31H31F2N3O5S. The Bertz CT molecular complexity index is 1630. The van der Waals surface area contributed by atoms with Crippen molar-refractivity contribution in [3.8, 4) is 0 Å². The number of fused-ring (bicyclic) bond motifs is 2. The largest absolute Gasteiger partial charge is 0.480 e. The van der Waals surface area contributed by atoms with Gasteiger partial charge in [0.1, 0.15) is 11.6 Å². The number of likely N-dealkylation sites (tertiary alicyclic amines) is 1. The molecule has 6 rings (SSSR count). The first-order valence-electron chi connectivity index (χ1n) is 14.0. The minimum atomic E-state index is -4.10. The van der Waals surface area contributed by atoms with Gasteiger partial charge in [0.25, 0.3) is 15.9 Å². The van der Waals surface area contributed by atoms with E-state index in [4.69, 9.17) is 0 Å². The summed E-state index contributed by atoms with van der Waals surface area (Å²) in [5, 5.41) is 12.1. The van der Waals surface area contributed by atoms with Crippen LogP contribution in [-0.2, 0) is 26.8 Å². The van der Waals surface area contributed by atoms with Gasteiger partial charge in [0.05, 0.1) is 23.2 Å². The molecule has 42 heavy (non-hydrogen) atoms. The summed E-state index contributed by atoms with van der Waals surface area (Å²) in [4.78, 5) is 26.5. The second-order valence-corrected chi connectivity index (χ2v) is 13.2. The molecule has 1 unspecified atom stereocenters. The predicted molar refractivity (Wildman–Crippen MR) is 152 cm³/mol. The Labute approximate surface area is 243 Å². The zero-order chi connectivity index (χ0) is 29.6. The number of carbonyl (C=O) groups excluding carboxylic acids is 1. The highest BCUT2D eigenvalue weighted by Gasteiger charge is 2.60. The molecule has 0 bridgehead atoms. The number of piperidine rings is 1. The Morgan fingerprint density at radius 1 is 0.976 bits per heavy atom. The van der Waals surface area contributed by atoms with E-state index in [0.717, 1.165) is 30.5 Å². The highest BCUT2D eigenvalue weighted by molar-refractivity contribution is 7.92. The van der Waals surface area contributed by atoms with Crippen LogP contribution in [0.2, 0.25) is 0 Å². The lowest BCUT2D eigenvalue weighted by atomic mass is 9.68. The smallest absolute Gasteiger partial charge is 0.317 e. The summed E-state index contributed by atoms with van der Waals surface area (Å²) in [6, 6.07) is 15.5. The molecule has 3 aromatic rings. The van der Waals surface area contributed by atoms with Gasteiger partial charge in [-0.15, -0.1) is 0 Å². The number of carboxylic acid groups (broad SMARTS) is 1. The summed E-state index contributed by atoms with van der Waals surface area (Å²) in [5.41, 5.74) is 1.25. The monoisotopic (exact) mass is 595 g/mol. The number of sulfonamides is 1. The highest BCUT2D eigenvalue weighted by Crippen LogP contribution is 2.59. The molecule has 2 N–H and O–H groups in total. The van der Waals surface area contributed by atoms with Gasteiger partial charge in [-0.05, 0) is 98.8 Å². The normalized spacial score (nSPS) is 20.0. The molecule has 0 aromatic heterocycles. The molecule has 1 aliphatic carbocycles. The van der Waals surface area contributed by atoms with Gasteiger partial charge in [-0.25, -0.2) is 17.2 Å². The van der Waals surface area contributed by atoms with Crippen LogP contribution in [0, 0.1) is 17.6 Å². The number of anilines is 1. The fraction of sp³-hybridized carbons (Fsp3) is 0.355. The van der Waals surface area contributed by atoms with Gasteiger partial charge in [-0.2, -0.15) is 0 Å². The quantitative estimate of drug-likeness (QED) is 0.402. The van der Waals surface area contributed by atoms with E-state index in [0.29, 0.717) is 42.7 Å². The molecular weight excluding hydrogens is 564 g/mol. The highest BCUT2D eigenvalue weighted by atomic mass is 32.2. The average molecular weight is 596 g/mol. The van der Waals surface area contributed by atoms with Crippen molar-refractivity contribution in [2.45, 2.75) is 48.6 Å². The van der Waals surface area contributed by atoms with Crippen LogP contribution >= 0.6 is 0 Å². The molecule has 1 amide bonds. The molecule has 220 valence electrons. The maximum atomic E-state index is 14.2. The van der Waals surface area contributed by atoms with Crippen molar-refractivity contribution in [2.24, 2.45) is 5.92 Å². The predicted octanol–water partition coefficient (Wildman–Crippen LogP) is 4.30. The Morgan fingerprint density at radius 3 is 2.31 bits per heavy atom. The third-order valence-electron chi connectivity index (χ3n) is 8.79. The first-order valence-corrected chi connectivity index (χ1v) is 15.4. The number of benzene rings is 3. The van der Waals surface area contributed by atoms with Crippen LogP contribution in [-0.4, -0.2) is 56.0 Å². The Balaban J connectivity index is 1.40. The van der Waals surface area contributed by atoms with Gasteiger partial charge in [-0.1, -0.05) is 18.2 Å². The topological polar surface area (TPSA) is 107 Å². The number of hydrogen-bond acceptors (Lipinski definition) is 5. The average Bonchev–Trinajstić information content (AvgIpc) is 3.77. The van der Waals surface area contributed by atoms with E-state index in [-0.39, 0.29) is 23.9 Å². The maximum Gasteiger partial charge on any atom is 0.317 e. The van der Waals surface area contributed by atoms with E-state index >= 15 is 0 Å². The summed E-state index contributed by atoms with van der Waals surface area (Å²) in [6.45, 7) is 0.812. The number of amides is 1. The molecule has 8 nitrogen and oxygen atoms in total. The minimum absolute atomic E-state index is 0.00630. The lowest BCUT2D eigenvalue weighted by molar-refractivity contribution is -0.138. The number of hydrogen-bond donors (Lipinski definition) is 2. The molecule has 2 aliphatic heterocycles. The molecule has 1 spiro atoms. The lowest BCUT2D eigenvalue weighted by Crippen LogP contribution is -2.54. The Kier molecular flexibility index (Phi) is 7.26. The molecule has 1 saturated carbocycles. The zero-order valence-electron chi connectivity index (χ0n) is 22.8. The molecule has 0 radical (unpaired) electrons. The van der Waals surface area contributed by atoms with E-state index in [1.807, 2.05) is 4.90 Å². The van der Waals surface area contributed by atoms with Crippen LogP contribution in [0.5, 0.6) is 0 Å². The van der Waals surface area contributed by atoms with Crippen LogP contribution in [0.3, 0.4) is 0 Å². The van der Waals surface area contributed by atoms with Gasteiger partial charge < -0.3 is 10.4 Å². The van der Waals surface area contributed by atoms with Gasteiger partial charge in [-0.3, -0.25) is 18.8 Å². The third kappa shape index (κ3) is 5.05. The molecule has 1 atom stereocenters. The van der Waals surface area contributed by atoms with E-state index in [1.165, 1.54) is 22.5 Å². The zero-order valence-corrected chi connectivity index (χ0v) is 23.6. The number of aliphatic carboxylic acids is 1. The molecule has 2 fully saturated rings. The second-order valence-electron chi connectivity index (χ2n) is 11.4. The number of nitrogens with zero attached hydrogens (tertiary/aromatic N) is 2. The minimum Gasteiger partial charge on any atom is -0.480 e. The van der Waals surface area contributed by atoms with Crippen LogP contribution in [0.4, 0.5) is 14.5 Å². The summed E-state index contributed by atoms with van der Waals surface area (Å²) in [5.74, 6) is -2.21. The first-order chi connectivity index (χ1) is 20.1. The lowest BCUT2D eigenvalue weighted by Gasteiger charge is -2.44. The molecule has 3 aliphatic rings. The molecule has 11 heteroatoms. The summed E-state index contributed by atoms with van der Waals surface area (Å²) in [6.07, 6.45) is 2.74. The number of rotatable bonds is 8. The second kappa shape index (κ2) is 10.8. The standard InChI is InChI=1S/C31H31F2N3O5S/c32-23-8-10-24(11-9-23)42(40,41)36-27-12-7-21(30(39)34-18-22-3-1-2-4-26(22)33)17-25(27)31(29(36)20-5-6-20)13-15-35(16-14-31)19-28(37)38/h1-4,7-12,17,20,29H,5-6,13-16,18-19H2,(H,34,39)(H,37,38). The summed E-state index contributed by atoms with van der Waals surface area (Å²) in [7, 11) is -4.10. The van der Waals surface area contributed by atoms with Crippen molar-refractivity contribution in [2.75, 3.05) is 23.9 Å². The van der Waals surface area contributed by atoms with Gasteiger partial charge >= 0.3 is 5.97 Å². The SMILES string of the molecule is O=C(O)CN1CCC2(CC1)c1cc(C(=O)NCc3ccccc3F)ccc1N(S(=O)(=O)c1ccc(F)cc1)C2C1CC1. The number of halogens is 2. The van der Waals surface area contributed by atoms with Crippen molar-refractivity contribution in [1.82, 2.24) is 10.2 Å².